The van der Waals surface area contributed by atoms with Crippen LogP contribution in [0.2, 0.25) is 0 Å². The molecule has 132 valence electrons. The Morgan fingerprint density at radius 3 is 2.40 bits per heavy atom. The van der Waals surface area contributed by atoms with E-state index >= 15 is 0 Å². The van der Waals surface area contributed by atoms with Crippen LogP contribution in [0.4, 0.5) is 13.2 Å². The SMILES string of the molecule is COC(=O)c1ccc(-c2cccc(C=O)c2OC)cc1OC(F)(F)F. The number of alkyl halides is 3. The number of hydrogen-bond acceptors (Lipinski definition) is 5. The molecule has 0 bridgehead atoms. The Labute approximate surface area is 140 Å². The fraction of sp³-hybridized carbons (Fsp3) is 0.176. The molecule has 0 aromatic heterocycles. The third-order valence-electron chi connectivity index (χ3n) is 3.30. The molecule has 0 N–H and O–H groups in total. The molecule has 5 nitrogen and oxygen atoms in total. The summed E-state index contributed by atoms with van der Waals surface area (Å²) >= 11 is 0. The van der Waals surface area contributed by atoms with E-state index in [9.17, 15) is 22.8 Å². The molecule has 0 saturated heterocycles. The Morgan fingerprint density at radius 2 is 1.84 bits per heavy atom. The highest BCUT2D eigenvalue weighted by atomic mass is 19.4. The van der Waals surface area contributed by atoms with Crippen LogP contribution in [0.5, 0.6) is 11.5 Å². The molecule has 0 aliphatic carbocycles. The van der Waals surface area contributed by atoms with Crippen LogP contribution in [-0.4, -0.2) is 32.8 Å². The number of carbonyl (C=O) groups is 2. The lowest BCUT2D eigenvalue weighted by Crippen LogP contribution is -2.19. The van der Waals surface area contributed by atoms with Crippen LogP contribution in [0, 0.1) is 0 Å². The third-order valence-corrected chi connectivity index (χ3v) is 3.30. The molecule has 0 radical (unpaired) electrons. The fourth-order valence-corrected chi connectivity index (χ4v) is 2.28. The van der Waals surface area contributed by atoms with Gasteiger partial charge < -0.3 is 14.2 Å². The Hall–Kier alpha value is -3.03. The Bertz CT molecular complexity index is 799. The van der Waals surface area contributed by atoms with Crippen molar-refractivity contribution in [1.29, 1.82) is 0 Å². The van der Waals surface area contributed by atoms with Gasteiger partial charge in [0.05, 0.1) is 19.8 Å². The number of methoxy groups -OCH3 is 2. The summed E-state index contributed by atoms with van der Waals surface area (Å²) in [5.41, 5.74) is 0.493. The highest BCUT2D eigenvalue weighted by molar-refractivity contribution is 5.94. The van der Waals surface area contributed by atoms with Gasteiger partial charge in [0.25, 0.3) is 0 Å². The predicted molar refractivity (Wildman–Crippen MR) is 81.8 cm³/mol. The van der Waals surface area contributed by atoms with Crippen molar-refractivity contribution in [2.45, 2.75) is 6.36 Å². The molecule has 0 fully saturated rings. The van der Waals surface area contributed by atoms with E-state index in [1.807, 2.05) is 0 Å². The van der Waals surface area contributed by atoms with Gasteiger partial charge in [0, 0.05) is 5.56 Å². The monoisotopic (exact) mass is 354 g/mol. The summed E-state index contributed by atoms with van der Waals surface area (Å²) in [5, 5.41) is 0. The average Bonchev–Trinajstić information content (AvgIpc) is 2.58. The first-order valence-corrected chi connectivity index (χ1v) is 6.91. The van der Waals surface area contributed by atoms with Gasteiger partial charge in [0.1, 0.15) is 17.1 Å². The number of rotatable bonds is 5. The van der Waals surface area contributed by atoms with Gasteiger partial charge in [0.2, 0.25) is 0 Å². The first-order chi connectivity index (χ1) is 11.8. The second-order valence-corrected chi connectivity index (χ2v) is 4.80. The van der Waals surface area contributed by atoms with Crippen molar-refractivity contribution in [1.82, 2.24) is 0 Å². The fourth-order valence-electron chi connectivity index (χ4n) is 2.28. The van der Waals surface area contributed by atoms with Gasteiger partial charge in [-0.2, -0.15) is 0 Å². The Kier molecular flexibility index (Phi) is 5.31. The number of aldehydes is 1. The lowest BCUT2D eigenvalue weighted by atomic mass is 10.00. The maximum Gasteiger partial charge on any atom is 0.573 e. The molecule has 0 saturated carbocycles. The topological polar surface area (TPSA) is 61.8 Å². The van der Waals surface area contributed by atoms with E-state index < -0.39 is 18.1 Å². The first kappa shape index (κ1) is 18.3. The predicted octanol–water partition coefficient (Wildman–Crippen LogP) is 3.86. The van der Waals surface area contributed by atoms with Gasteiger partial charge in [0.15, 0.2) is 6.29 Å². The van der Waals surface area contributed by atoms with Crippen LogP contribution in [-0.2, 0) is 4.74 Å². The summed E-state index contributed by atoms with van der Waals surface area (Å²) in [6, 6.07) is 8.21. The number of carbonyl (C=O) groups excluding carboxylic acids is 2. The Morgan fingerprint density at radius 1 is 1.12 bits per heavy atom. The van der Waals surface area contributed by atoms with E-state index in [0.29, 0.717) is 11.8 Å². The zero-order valence-corrected chi connectivity index (χ0v) is 13.2. The van der Waals surface area contributed by atoms with Gasteiger partial charge in [-0.05, 0) is 23.8 Å². The molecule has 0 unspecified atom stereocenters. The number of benzene rings is 2. The molecule has 2 rings (SSSR count). The van der Waals surface area contributed by atoms with Gasteiger partial charge in [-0.1, -0.05) is 18.2 Å². The van der Waals surface area contributed by atoms with E-state index in [1.54, 1.807) is 12.1 Å². The van der Waals surface area contributed by atoms with Gasteiger partial charge in [-0.25, -0.2) is 4.79 Å². The number of para-hydroxylation sites is 1. The number of halogens is 3. The highest BCUT2D eigenvalue weighted by Crippen LogP contribution is 2.37. The van der Waals surface area contributed by atoms with Crippen molar-refractivity contribution in [2.24, 2.45) is 0 Å². The minimum atomic E-state index is -4.99. The summed E-state index contributed by atoms with van der Waals surface area (Å²) in [7, 11) is 2.38. The molecule has 0 amide bonds. The number of ether oxygens (including phenoxy) is 3. The molecule has 0 aliphatic heterocycles. The number of hydrogen-bond donors (Lipinski definition) is 0. The van der Waals surface area contributed by atoms with E-state index in [4.69, 9.17) is 4.74 Å². The van der Waals surface area contributed by atoms with Crippen molar-refractivity contribution in [3.05, 3.63) is 47.5 Å². The van der Waals surface area contributed by atoms with Crippen LogP contribution in [0.1, 0.15) is 20.7 Å². The van der Waals surface area contributed by atoms with Crippen molar-refractivity contribution in [3.63, 3.8) is 0 Å². The molecule has 2 aromatic carbocycles. The maximum absolute atomic E-state index is 12.6. The van der Waals surface area contributed by atoms with Crippen molar-refractivity contribution in [3.8, 4) is 22.6 Å². The summed E-state index contributed by atoms with van der Waals surface area (Å²) < 4.78 is 51.5. The minimum Gasteiger partial charge on any atom is -0.495 e. The maximum atomic E-state index is 12.6. The molecule has 0 heterocycles. The van der Waals surface area contributed by atoms with Gasteiger partial charge in [-0.3, -0.25) is 4.79 Å². The molecule has 0 aliphatic rings. The van der Waals surface area contributed by atoms with Crippen LogP contribution in [0.25, 0.3) is 11.1 Å². The third kappa shape index (κ3) is 4.09. The van der Waals surface area contributed by atoms with Crippen LogP contribution in [0.15, 0.2) is 36.4 Å². The Balaban J connectivity index is 2.63. The highest BCUT2D eigenvalue weighted by Gasteiger charge is 2.33. The molecule has 2 aromatic rings. The summed E-state index contributed by atoms with van der Waals surface area (Å²) in [4.78, 5) is 22.7. The quantitative estimate of drug-likeness (QED) is 0.603. The van der Waals surface area contributed by atoms with Gasteiger partial charge >= 0.3 is 12.3 Å². The van der Waals surface area contributed by atoms with Gasteiger partial charge in [-0.15, -0.1) is 13.2 Å². The largest absolute Gasteiger partial charge is 0.573 e. The number of esters is 1. The summed E-state index contributed by atoms with van der Waals surface area (Å²) in [6.45, 7) is 0. The average molecular weight is 354 g/mol. The van der Waals surface area contributed by atoms with Crippen LogP contribution in [0.3, 0.4) is 0 Å². The van der Waals surface area contributed by atoms with E-state index in [2.05, 4.69) is 9.47 Å². The molecule has 0 spiro atoms. The van der Waals surface area contributed by atoms with Crippen LogP contribution < -0.4 is 9.47 Å². The summed E-state index contributed by atoms with van der Waals surface area (Å²) in [6.07, 6.45) is -4.42. The zero-order chi connectivity index (χ0) is 18.6. The molecular formula is C17H13F3O5. The minimum absolute atomic E-state index is 0.196. The van der Waals surface area contributed by atoms with E-state index in [1.165, 1.54) is 19.2 Å². The normalized spacial score (nSPS) is 10.9. The first-order valence-electron chi connectivity index (χ1n) is 6.91. The molecular weight excluding hydrogens is 341 g/mol. The van der Waals surface area contributed by atoms with E-state index in [0.717, 1.165) is 19.2 Å². The standard InChI is InChI=1S/C17H13F3O5/c1-23-15-11(9-21)4-3-5-12(15)10-6-7-13(16(22)24-2)14(8-10)25-17(18,19)20/h3-9H,1-2H3. The van der Waals surface area contributed by atoms with Crippen molar-refractivity contribution in [2.75, 3.05) is 14.2 Å². The summed E-state index contributed by atoms with van der Waals surface area (Å²) in [5.74, 6) is -1.49. The second-order valence-electron chi connectivity index (χ2n) is 4.80. The lowest BCUT2D eigenvalue weighted by molar-refractivity contribution is -0.274. The van der Waals surface area contributed by atoms with Crippen molar-refractivity contribution >= 4 is 12.3 Å². The van der Waals surface area contributed by atoms with Crippen LogP contribution >= 0.6 is 0 Å². The molecule has 25 heavy (non-hydrogen) atoms. The van der Waals surface area contributed by atoms with Crippen molar-refractivity contribution < 1.29 is 37.0 Å². The lowest BCUT2D eigenvalue weighted by Gasteiger charge is -2.15. The smallest absolute Gasteiger partial charge is 0.495 e. The zero-order valence-electron chi connectivity index (χ0n) is 13.2. The molecule has 0 atom stereocenters. The molecule has 8 heteroatoms. The van der Waals surface area contributed by atoms with E-state index in [-0.39, 0.29) is 22.4 Å². The second kappa shape index (κ2) is 7.25.